The number of nitrogens with one attached hydrogen (secondary N) is 1. The highest BCUT2D eigenvalue weighted by Gasteiger charge is 2.49. The molecule has 1 heterocycles. The maximum absolute atomic E-state index is 6.22. The fourth-order valence-electron chi connectivity index (χ4n) is 3.12. The van der Waals surface area contributed by atoms with Gasteiger partial charge in [0.05, 0.1) is 0 Å². The van der Waals surface area contributed by atoms with E-state index < -0.39 is 0 Å². The SMILES string of the molecule is Clc1ccccc1CC12CCC1CNC2. The predicted molar refractivity (Wildman–Crippen MR) is 63.2 cm³/mol. The molecule has 2 unspecified atom stereocenters. The molecule has 80 valence electrons. The lowest BCUT2D eigenvalue weighted by atomic mass is 9.59. The molecule has 1 saturated carbocycles. The van der Waals surface area contributed by atoms with Crippen LogP contribution in [0.2, 0.25) is 5.02 Å². The Labute approximate surface area is 95.8 Å². The summed E-state index contributed by atoms with van der Waals surface area (Å²) in [6.45, 7) is 2.40. The monoisotopic (exact) mass is 221 g/mol. The van der Waals surface area contributed by atoms with Gasteiger partial charge in [0.15, 0.2) is 0 Å². The van der Waals surface area contributed by atoms with E-state index in [2.05, 4.69) is 17.4 Å². The Morgan fingerprint density at radius 3 is 2.93 bits per heavy atom. The Morgan fingerprint density at radius 2 is 2.27 bits per heavy atom. The van der Waals surface area contributed by atoms with Gasteiger partial charge in [-0.05, 0) is 48.8 Å². The van der Waals surface area contributed by atoms with Gasteiger partial charge < -0.3 is 5.32 Å². The second-order valence-electron chi connectivity index (χ2n) is 5.00. The average molecular weight is 222 g/mol. The zero-order valence-electron chi connectivity index (χ0n) is 8.80. The van der Waals surface area contributed by atoms with E-state index in [1.165, 1.54) is 31.5 Å². The van der Waals surface area contributed by atoms with Crippen molar-refractivity contribution in [2.45, 2.75) is 19.3 Å². The molecule has 2 aliphatic rings. The third-order valence-electron chi connectivity index (χ3n) is 4.22. The molecule has 1 aromatic carbocycles. The van der Waals surface area contributed by atoms with Gasteiger partial charge in [0.2, 0.25) is 0 Å². The average Bonchev–Trinajstić information content (AvgIpc) is 2.49. The fraction of sp³-hybridized carbons (Fsp3) is 0.538. The molecular formula is C13H16ClN. The topological polar surface area (TPSA) is 12.0 Å². The molecule has 1 nitrogen and oxygen atoms in total. The maximum Gasteiger partial charge on any atom is 0.0438 e. The second kappa shape index (κ2) is 3.50. The molecular weight excluding hydrogens is 206 g/mol. The summed E-state index contributed by atoms with van der Waals surface area (Å²) in [5.74, 6) is 0.897. The molecule has 1 aliphatic heterocycles. The zero-order valence-corrected chi connectivity index (χ0v) is 9.56. The van der Waals surface area contributed by atoms with Gasteiger partial charge in [0.25, 0.3) is 0 Å². The number of halogens is 1. The van der Waals surface area contributed by atoms with Crippen LogP contribution >= 0.6 is 11.6 Å². The van der Waals surface area contributed by atoms with E-state index in [1.54, 1.807) is 0 Å². The van der Waals surface area contributed by atoms with Gasteiger partial charge in [0, 0.05) is 11.6 Å². The lowest BCUT2D eigenvalue weighted by molar-refractivity contribution is 0.0864. The van der Waals surface area contributed by atoms with Gasteiger partial charge in [-0.1, -0.05) is 29.8 Å². The first-order chi connectivity index (χ1) is 7.30. The minimum Gasteiger partial charge on any atom is -0.316 e. The first-order valence-corrected chi connectivity index (χ1v) is 6.12. The van der Waals surface area contributed by atoms with Crippen LogP contribution in [0.5, 0.6) is 0 Å². The smallest absolute Gasteiger partial charge is 0.0438 e. The third-order valence-corrected chi connectivity index (χ3v) is 4.59. The van der Waals surface area contributed by atoms with E-state index in [0.717, 1.165) is 17.4 Å². The van der Waals surface area contributed by atoms with Gasteiger partial charge in [-0.2, -0.15) is 0 Å². The van der Waals surface area contributed by atoms with Crippen LogP contribution in [0.1, 0.15) is 18.4 Å². The van der Waals surface area contributed by atoms with Crippen LogP contribution in [0, 0.1) is 11.3 Å². The van der Waals surface area contributed by atoms with E-state index in [0.29, 0.717) is 5.41 Å². The summed E-state index contributed by atoms with van der Waals surface area (Å²) in [7, 11) is 0. The van der Waals surface area contributed by atoms with Gasteiger partial charge in [-0.25, -0.2) is 0 Å². The normalized spacial score (nSPS) is 33.5. The highest BCUT2D eigenvalue weighted by atomic mass is 35.5. The number of benzene rings is 1. The van der Waals surface area contributed by atoms with E-state index >= 15 is 0 Å². The number of hydrogen-bond donors (Lipinski definition) is 1. The quantitative estimate of drug-likeness (QED) is 0.810. The highest BCUT2D eigenvalue weighted by molar-refractivity contribution is 6.31. The van der Waals surface area contributed by atoms with Crippen molar-refractivity contribution in [2.75, 3.05) is 13.1 Å². The van der Waals surface area contributed by atoms with Gasteiger partial charge in [0.1, 0.15) is 0 Å². The molecule has 15 heavy (non-hydrogen) atoms. The minimum absolute atomic E-state index is 0.533. The molecule has 0 bridgehead atoms. The minimum atomic E-state index is 0.533. The largest absolute Gasteiger partial charge is 0.316 e. The summed E-state index contributed by atoms with van der Waals surface area (Å²) < 4.78 is 0. The van der Waals surface area contributed by atoms with Crippen molar-refractivity contribution in [1.82, 2.24) is 5.32 Å². The standard InChI is InChI=1S/C13H16ClN/c14-12-4-2-1-3-10(12)7-13-6-5-11(13)8-15-9-13/h1-4,11,15H,5-9H2. The van der Waals surface area contributed by atoms with Crippen LogP contribution in [0.4, 0.5) is 0 Å². The van der Waals surface area contributed by atoms with E-state index in [4.69, 9.17) is 11.6 Å². The van der Waals surface area contributed by atoms with Crippen LogP contribution < -0.4 is 5.32 Å². The van der Waals surface area contributed by atoms with Crippen LogP contribution in [0.3, 0.4) is 0 Å². The molecule has 1 saturated heterocycles. The molecule has 3 rings (SSSR count). The number of fused-ring (bicyclic) bond motifs is 1. The summed E-state index contributed by atoms with van der Waals surface area (Å²) in [6.07, 6.45) is 3.93. The van der Waals surface area contributed by atoms with E-state index in [-0.39, 0.29) is 0 Å². The van der Waals surface area contributed by atoms with Crippen LogP contribution in [-0.4, -0.2) is 13.1 Å². The summed E-state index contributed by atoms with van der Waals surface area (Å²) in [5, 5.41) is 4.46. The zero-order chi connectivity index (χ0) is 10.3. The van der Waals surface area contributed by atoms with Crippen LogP contribution in [-0.2, 0) is 6.42 Å². The van der Waals surface area contributed by atoms with Crippen molar-refractivity contribution in [3.63, 3.8) is 0 Å². The Kier molecular flexibility index (Phi) is 2.26. The van der Waals surface area contributed by atoms with Gasteiger partial charge in [-0.3, -0.25) is 0 Å². The Bertz CT molecular complexity index is 377. The summed E-state index contributed by atoms with van der Waals surface area (Å²) >= 11 is 6.22. The van der Waals surface area contributed by atoms with Gasteiger partial charge >= 0.3 is 0 Å². The van der Waals surface area contributed by atoms with E-state index in [1.807, 2.05) is 12.1 Å². The molecule has 2 fully saturated rings. The lowest BCUT2D eigenvalue weighted by Crippen LogP contribution is -2.41. The number of rotatable bonds is 2. The second-order valence-corrected chi connectivity index (χ2v) is 5.40. The lowest BCUT2D eigenvalue weighted by Gasteiger charge is -2.44. The highest BCUT2D eigenvalue weighted by Crippen LogP contribution is 2.51. The molecule has 0 spiro atoms. The number of hydrogen-bond acceptors (Lipinski definition) is 1. The molecule has 2 heteroatoms. The summed E-state index contributed by atoms with van der Waals surface area (Å²) in [6, 6.07) is 8.27. The van der Waals surface area contributed by atoms with Crippen molar-refractivity contribution in [2.24, 2.45) is 11.3 Å². The van der Waals surface area contributed by atoms with Crippen molar-refractivity contribution in [3.8, 4) is 0 Å². The molecule has 1 aliphatic carbocycles. The van der Waals surface area contributed by atoms with Crippen LogP contribution in [0.15, 0.2) is 24.3 Å². The van der Waals surface area contributed by atoms with Gasteiger partial charge in [-0.15, -0.1) is 0 Å². The van der Waals surface area contributed by atoms with Crippen molar-refractivity contribution >= 4 is 11.6 Å². The fourth-order valence-corrected chi connectivity index (χ4v) is 3.32. The molecule has 0 amide bonds. The maximum atomic E-state index is 6.22. The summed E-state index contributed by atoms with van der Waals surface area (Å²) in [4.78, 5) is 0. The van der Waals surface area contributed by atoms with Crippen molar-refractivity contribution in [3.05, 3.63) is 34.9 Å². The predicted octanol–water partition coefficient (Wildman–Crippen LogP) is 2.88. The first kappa shape index (κ1) is 9.68. The molecule has 1 aromatic rings. The molecule has 2 atom stereocenters. The Hall–Kier alpha value is -0.530. The van der Waals surface area contributed by atoms with Crippen molar-refractivity contribution < 1.29 is 0 Å². The van der Waals surface area contributed by atoms with Crippen molar-refractivity contribution in [1.29, 1.82) is 0 Å². The molecule has 0 aromatic heterocycles. The summed E-state index contributed by atoms with van der Waals surface area (Å²) in [5.41, 5.74) is 1.86. The van der Waals surface area contributed by atoms with E-state index in [9.17, 15) is 0 Å². The third kappa shape index (κ3) is 1.49. The Morgan fingerprint density at radius 1 is 1.40 bits per heavy atom. The Balaban J connectivity index is 1.83. The first-order valence-electron chi connectivity index (χ1n) is 5.74. The van der Waals surface area contributed by atoms with Crippen LogP contribution in [0.25, 0.3) is 0 Å². The molecule has 0 radical (unpaired) electrons. The molecule has 1 N–H and O–H groups in total.